The third kappa shape index (κ3) is 19.7. The molecule has 0 amide bonds. The van der Waals surface area contributed by atoms with E-state index in [0.717, 1.165) is 21.1 Å². The van der Waals surface area contributed by atoms with Gasteiger partial charge in [0.2, 0.25) is 31.9 Å². The van der Waals surface area contributed by atoms with Crippen molar-refractivity contribution in [2.24, 2.45) is 0 Å². The maximum absolute atomic E-state index is 13.5. The number of rotatable bonds is 20. The van der Waals surface area contributed by atoms with E-state index in [1.165, 1.54) is 86.9 Å². The van der Waals surface area contributed by atoms with Crippen LogP contribution in [0.25, 0.3) is 34.7 Å². The number of benzene rings is 2. The summed E-state index contributed by atoms with van der Waals surface area (Å²) < 4.78 is 77.2. The van der Waals surface area contributed by atoms with Gasteiger partial charge in [-0.1, -0.05) is 52.0 Å². The molecule has 6 N–H and O–H groups in total. The van der Waals surface area contributed by atoms with E-state index < -0.39 is 80.9 Å². The number of aromatic nitrogens is 4. The van der Waals surface area contributed by atoms with Crippen LogP contribution in [0.1, 0.15) is 92.0 Å². The maximum atomic E-state index is 13.5. The Morgan fingerprint density at radius 2 is 0.912 bits per heavy atom. The number of carbonyl (C=O) groups is 2. The second-order valence-electron chi connectivity index (χ2n) is 16.0. The van der Waals surface area contributed by atoms with Gasteiger partial charge in [0, 0.05) is 49.2 Å². The predicted octanol–water partition coefficient (Wildman–Crippen LogP) is 1.76. The largest absolute Gasteiger partial charge is 2.00 e. The normalized spacial score (nSPS) is 13.5. The van der Waals surface area contributed by atoms with Crippen molar-refractivity contribution in [2.45, 2.75) is 89.6 Å². The van der Waals surface area contributed by atoms with Crippen LogP contribution in [0.15, 0.2) is 60.7 Å². The van der Waals surface area contributed by atoms with Gasteiger partial charge in [0.15, 0.2) is 0 Å². The second kappa shape index (κ2) is 28.2. The summed E-state index contributed by atoms with van der Waals surface area (Å²) in [5.74, 6) is -3.74. The maximum Gasteiger partial charge on any atom is 2.00 e. The smallest absolute Gasteiger partial charge is 1.00 e. The quantitative estimate of drug-likeness (QED) is 0.0688. The first-order chi connectivity index (χ1) is 30.6. The zero-order chi connectivity index (χ0) is 49.8. The summed E-state index contributed by atoms with van der Waals surface area (Å²) in [7, 11) is -4.65. The molecule has 0 saturated carbocycles. The molecule has 0 bridgehead atoms. The summed E-state index contributed by atoms with van der Waals surface area (Å²) in [6.45, 7) is 7.41. The van der Waals surface area contributed by atoms with Gasteiger partial charge in [-0.3, -0.25) is 9.59 Å². The summed E-state index contributed by atoms with van der Waals surface area (Å²) in [5.41, 5.74) is 3.60. The van der Waals surface area contributed by atoms with Crippen molar-refractivity contribution in [1.82, 2.24) is 19.9 Å². The van der Waals surface area contributed by atoms with E-state index in [-0.39, 0.29) is 130 Å². The zero-order valence-corrected chi connectivity index (χ0v) is 46.3. The van der Waals surface area contributed by atoms with Gasteiger partial charge in [0.25, 0.3) is 0 Å². The van der Waals surface area contributed by atoms with Crippen LogP contribution in [-0.4, -0.2) is 168 Å². The molecular formula is C44H59CaF2KN6O12S2. The number of hydrogen-bond acceptors (Lipinski definition) is 14. The van der Waals surface area contributed by atoms with Gasteiger partial charge < -0.3 is 34.9 Å². The third-order valence-corrected chi connectivity index (χ3v) is 11.9. The number of aliphatic hydroxyl groups is 4. The molecule has 24 heteroatoms. The minimum absolute atomic E-state index is 0. The first kappa shape index (κ1) is 63.1. The summed E-state index contributed by atoms with van der Waals surface area (Å²) in [5, 5.41) is 57.6. The molecule has 4 rings (SSSR count). The van der Waals surface area contributed by atoms with Gasteiger partial charge in [0.1, 0.15) is 11.6 Å². The van der Waals surface area contributed by atoms with E-state index >= 15 is 0 Å². The zero-order valence-electron chi connectivity index (χ0n) is 42.3. The number of carboxylic acids is 2. The molecule has 68 heavy (non-hydrogen) atoms. The third-order valence-electron chi connectivity index (χ3n) is 9.63. The predicted molar refractivity (Wildman–Crippen MR) is 254 cm³/mol. The molecule has 18 nitrogen and oxygen atoms in total. The van der Waals surface area contributed by atoms with E-state index in [2.05, 4.69) is 19.9 Å². The first-order valence-electron chi connectivity index (χ1n) is 20.3. The van der Waals surface area contributed by atoms with Crippen LogP contribution in [0, 0.1) is 11.6 Å². The molecule has 0 aliphatic rings. The Morgan fingerprint density at radius 3 is 1.16 bits per heavy atom. The fraction of sp³-hybridized carbons (Fsp3) is 0.409. The van der Waals surface area contributed by atoms with Crippen molar-refractivity contribution in [2.75, 3.05) is 35.2 Å². The molecule has 0 radical (unpaired) electrons. The fourth-order valence-electron chi connectivity index (χ4n) is 6.09. The van der Waals surface area contributed by atoms with E-state index in [0.29, 0.717) is 45.0 Å². The molecule has 0 spiro atoms. The van der Waals surface area contributed by atoms with Gasteiger partial charge in [-0.2, -0.15) is 0 Å². The van der Waals surface area contributed by atoms with Gasteiger partial charge >= 0.3 is 101 Å². The Kier molecular flexibility index (Phi) is 26.2. The number of carboxylic acid groups (broad SMARTS) is 2. The van der Waals surface area contributed by atoms with Crippen LogP contribution in [0.3, 0.4) is 0 Å². The van der Waals surface area contributed by atoms with E-state index in [4.69, 9.17) is 10.2 Å². The molecule has 0 unspecified atom stereocenters. The van der Waals surface area contributed by atoms with E-state index in [1.807, 2.05) is 27.7 Å². The van der Waals surface area contributed by atoms with Crippen molar-refractivity contribution in [3.8, 4) is 22.5 Å². The van der Waals surface area contributed by atoms with Crippen LogP contribution in [0.4, 0.5) is 20.7 Å². The van der Waals surface area contributed by atoms with Crippen LogP contribution >= 0.6 is 0 Å². The summed E-state index contributed by atoms with van der Waals surface area (Å²) in [4.78, 5) is 39.1. The molecule has 2 aromatic heterocycles. The van der Waals surface area contributed by atoms with Crippen LogP contribution in [0.5, 0.6) is 0 Å². The summed E-state index contributed by atoms with van der Waals surface area (Å²) >= 11 is 0. The molecule has 0 fully saturated rings. The topological polar surface area (TPSA) is 282 Å². The Bertz CT molecular complexity index is 2450. The average Bonchev–Trinajstić information content (AvgIpc) is 3.20. The standard InChI is InChI=1S/2C22H28FN3O6S.Ca.K.3H/c2*1-13(2)20-18(10-9-16(27)11-17(28)12-19(29)30)21(14-5-7-15(23)8-6-14)25-22(24-20)26(3)33(4,31)32;;;;;/h2*5-10,13,16-17,27-28H,11-12H2,1-4H3,(H,29,30);;;;;/q;;+2;+1;3*-1/t2*16-,17-;;;;;/m11...../s1. The summed E-state index contributed by atoms with van der Waals surface area (Å²) in [6.07, 6.45) is 1.72. The number of nitrogens with zero attached hydrogens (tertiary/aromatic N) is 6. The SMILES string of the molecule is CC(C)c1nc(N(C)S(C)(=O)=O)nc(-c2ccc(F)cc2)c1C=C[C@@H](O)C[C@@H](O)CC(=O)O.CC(C)c1nc(N(C)S(C)(=O)=O)nc(-c2ccc(F)cc2)c1C=C[C@@H](O)C[C@@H](O)CC(=O)O.[Ca+2].[H-].[H-].[H-].[K+]. The molecule has 0 aliphatic heterocycles. The van der Waals surface area contributed by atoms with Crippen molar-refractivity contribution >= 4 is 93.8 Å². The Balaban J connectivity index is -0.00000122. The first-order valence-corrected chi connectivity index (χ1v) is 24.0. The van der Waals surface area contributed by atoms with Crippen LogP contribution in [-0.2, 0) is 29.6 Å². The minimum Gasteiger partial charge on any atom is -1.00 e. The molecule has 0 saturated heterocycles. The molecule has 366 valence electrons. The Labute approximate surface area is 472 Å². The molecule has 2 aromatic carbocycles. The summed E-state index contributed by atoms with van der Waals surface area (Å²) in [6, 6.07) is 11.0. The average molecular weight is 1050 g/mol. The Morgan fingerprint density at radius 1 is 0.618 bits per heavy atom. The molecule has 4 aromatic rings. The van der Waals surface area contributed by atoms with Gasteiger partial charge in [-0.15, -0.1) is 0 Å². The molecular weight excluding hydrogens is 986 g/mol. The van der Waals surface area contributed by atoms with Crippen molar-refractivity contribution in [3.05, 3.63) is 94.8 Å². The number of aliphatic carboxylic acids is 2. The molecule has 4 atom stereocenters. The monoisotopic (exact) mass is 1040 g/mol. The number of hydrogen-bond donors (Lipinski definition) is 6. The van der Waals surface area contributed by atoms with Crippen LogP contribution in [0.2, 0.25) is 0 Å². The molecule has 0 aliphatic carbocycles. The number of sulfonamides is 2. The molecule has 2 heterocycles. The van der Waals surface area contributed by atoms with Gasteiger partial charge in [-0.05, 0) is 60.4 Å². The van der Waals surface area contributed by atoms with Gasteiger partial charge in [-0.25, -0.2) is 54.2 Å². The van der Waals surface area contributed by atoms with Crippen molar-refractivity contribution in [3.63, 3.8) is 0 Å². The number of anilines is 2. The number of halogens is 2. The second-order valence-corrected chi connectivity index (χ2v) is 20.0. The minimum atomic E-state index is -3.65. The Hall–Kier alpha value is -2.88. The van der Waals surface area contributed by atoms with E-state index in [9.17, 15) is 55.6 Å². The van der Waals surface area contributed by atoms with Crippen LogP contribution < -0.4 is 60.0 Å². The van der Waals surface area contributed by atoms with Crippen molar-refractivity contribution < 1.29 is 122 Å². The fourth-order valence-corrected chi connectivity index (χ4v) is 6.85. The van der Waals surface area contributed by atoms with E-state index in [1.54, 1.807) is 0 Å². The number of aliphatic hydroxyl groups excluding tert-OH is 4. The van der Waals surface area contributed by atoms with Crippen molar-refractivity contribution in [1.29, 1.82) is 0 Å². The van der Waals surface area contributed by atoms with Gasteiger partial charge in [0.05, 0.1) is 72.5 Å².